The average Bonchev–Trinajstić information content (AvgIpc) is 3.04. The van der Waals surface area contributed by atoms with Crippen LogP contribution in [0, 0.1) is 0 Å². The molecule has 0 saturated heterocycles. The van der Waals surface area contributed by atoms with Gasteiger partial charge in [-0.1, -0.05) is 53.7 Å². The van der Waals surface area contributed by atoms with Crippen LogP contribution < -0.4 is 5.32 Å². The van der Waals surface area contributed by atoms with E-state index >= 15 is 0 Å². The number of pyridine rings is 1. The quantitative estimate of drug-likeness (QED) is 0.521. The van der Waals surface area contributed by atoms with E-state index < -0.39 is 5.25 Å². The van der Waals surface area contributed by atoms with Crippen molar-refractivity contribution < 1.29 is 9.21 Å². The summed E-state index contributed by atoms with van der Waals surface area (Å²) in [7, 11) is 0. The van der Waals surface area contributed by atoms with Gasteiger partial charge in [-0.3, -0.25) is 4.79 Å². The first kappa shape index (κ1) is 17.4. The fourth-order valence-electron chi connectivity index (χ4n) is 2.05. The first-order valence-corrected chi connectivity index (χ1v) is 8.82. The predicted octanol–water partition coefficient (Wildman–Crippen LogP) is 3.83. The molecule has 0 bridgehead atoms. The molecule has 0 radical (unpaired) electrons. The van der Waals surface area contributed by atoms with Crippen molar-refractivity contribution in [2.45, 2.75) is 23.8 Å². The SMILES string of the molecule is C[C@@H](Sc1nnc(Cc2ccccc2)o1)C(=O)Nc1cccnc1Cl. The van der Waals surface area contributed by atoms with E-state index in [1.54, 1.807) is 25.3 Å². The lowest BCUT2D eigenvalue weighted by molar-refractivity contribution is -0.115. The minimum Gasteiger partial charge on any atom is -0.416 e. The van der Waals surface area contributed by atoms with Crippen LogP contribution in [0.1, 0.15) is 18.4 Å². The fraction of sp³-hybridized carbons (Fsp3) is 0.176. The normalized spacial score (nSPS) is 11.9. The number of nitrogens with one attached hydrogen (secondary N) is 1. The number of hydrogen-bond donors (Lipinski definition) is 1. The van der Waals surface area contributed by atoms with Crippen LogP contribution in [-0.2, 0) is 11.2 Å². The van der Waals surface area contributed by atoms with Crippen LogP contribution in [0.2, 0.25) is 5.15 Å². The maximum absolute atomic E-state index is 12.3. The third-order valence-electron chi connectivity index (χ3n) is 3.31. The van der Waals surface area contributed by atoms with Gasteiger partial charge in [-0.2, -0.15) is 0 Å². The molecule has 3 rings (SSSR count). The molecule has 3 aromatic rings. The van der Waals surface area contributed by atoms with Gasteiger partial charge in [-0.05, 0) is 24.6 Å². The minimum atomic E-state index is -0.429. The predicted molar refractivity (Wildman–Crippen MR) is 96.7 cm³/mol. The number of anilines is 1. The first-order chi connectivity index (χ1) is 12.1. The molecule has 6 nitrogen and oxygen atoms in total. The maximum Gasteiger partial charge on any atom is 0.277 e. The summed E-state index contributed by atoms with van der Waals surface area (Å²) in [4.78, 5) is 16.2. The van der Waals surface area contributed by atoms with Crippen molar-refractivity contribution in [1.82, 2.24) is 15.2 Å². The van der Waals surface area contributed by atoms with Crippen LogP contribution in [-0.4, -0.2) is 26.3 Å². The number of benzene rings is 1. The Hall–Kier alpha value is -2.38. The van der Waals surface area contributed by atoms with Crippen LogP contribution in [0.3, 0.4) is 0 Å². The molecule has 8 heteroatoms. The van der Waals surface area contributed by atoms with Crippen molar-refractivity contribution in [3.05, 3.63) is 65.3 Å². The zero-order chi connectivity index (χ0) is 17.6. The summed E-state index contributed by atoms with van der Waals surface area (Å²) in [5.74, 6) is 0.291. The third-order valence-corrected chi connectivity index (χ3v) is 4.55. The molecule has 2 heterocycles. The van der Waals surface area contributed by atoms with E-state index in [1.807, 2.05) is 30.3 Å². The van der Waals surface area contributed by atoms with Crippen LogP contribution in [0.4, 0.5) is 5.69 Å². The number of halogens is 1. The van der Waals surface area contributed by atoms with Gasteiger partial charge in [0.1, 0.15) is 0 Å². The molecule has 1 atom stereocenters. The Morgan fingerprint density at radius 3 is 2.80 bits per heavy atom. The van der Waals surface area contributed by atoms with Gasteiger partial charge in [-0.15, -0.1) is 10.2 Å². The van der Waals surface area contributed by atoms with E-state index in [0.717, 1.165) is 5.56 Å². The Morgan fingerprint density at radius 2 is 2.04 bits per heavy atom. The van der Waals surface area contributed by atoms with E-state index in [-0.39, 0.29) is 11.1 Å². The largest absolute Gasteiger partial charge is 0.416 e. The average molecular weight is 375 g/mol. The highest BCUT2D eigenvalue weighted by Crippen LogP contribution is 2.25. The molecule has 1 N–H and O–H groups in total. The minimum absolute atomic E-state index is 0.220. The molecular weight excluding hydrogens is 360 g/mol. The fourth-order valence-corrected chi connectivity index (χ4v) is 2.91. The molecule has 0 saturated carbocycles. The summed E-state index contributed by atoms with van der Waals surface area (Å²) in [5, 5.41) is 10.9. The lowest BCUT2D eigenvalue weighted by Gasteiger charge is -2.10. The molecule has 0 aliphatic carbocycles. The number of carbonyl (C=O) groups is 1. The van der Waals surface area contributed by atoms with Gasteiger partial charge in [0.15, 0.2) is 5.15 Å². The molecule has 2 aromatic heterocycles. The zero-order valence-corrected chi connectivity index (χ0v) is 14.9. The van der Waals surface area contributed by atoms with E-state index in [1.165, 1.54) is 11.8 Å². The molecule has 128 valence electrons. The molecule has 0 unspecified atom stereocenters. The number of carbonyl (C=O) groups excluding carboxylic acids is 1. The molecule has 0 aliphatic heterocycles. The maximum atomic E-state index is 12.3. The highest BCUT2D eigenvalue weighted by Gasteiger charge is 2.19. The summed E-state index contributed by atoms with van der Waals surface area (Å²) in [6.45, 7) is 1.76. The Balaban J connectivity index is 1.58. The number of rotatable bonds is 6. The smallest absolute Gasteiger partial charge is 0.277 e. The van der Waals surface area contributed by atoms with Gasteiger partial charge >= 0.3 is 0 Å². The molecule has 0 spiro atoms. The number of aromatic nitrogens is 3. The summed E-state index contributed by atoms with van der Waals surface area (Å²) < 4.78 is 5.60. The van der Waals surface area contributed by atoms with Gasteiger partial charge in [0.05, 0.1) is 17.4 Å². The second-order valence-corrected chi connectivity index (χ2v) is 6.87. The Kier molecular flexibility index (Phi) is 5.67. The van der Waals surface area contributed by atoms with E-state index in [4.69, 9.17) is 16.0 Å². The highest BCUT2D eigenvalue weighted by atomic mass is 35.5. The summed E-state index contributed by atoms with van der Waals surface area (Å²) in [6, 6.07) is 13.2. The van der Waals surface area contributed by atoms with Crippen molar-refractivity contribution in [3.8, 4) is 0 Å². The van der Waals surface area contributed by atoms with Crippen molar-refractivity contribution in [3.63, 3.8) is 0 Å². The van der Waals surface area contributed by atoms with Gasteiger partial charge in [0.25, 0.3) is 5.22 Å². The molecule has 0 aliphatic rings. The van der Waals surface area contributed by atoms with Gasteiger partial charge < -0.3 is 9.73 Å². The lowest BCUT2D eigenvalue weighted by Crippen LogP contribution is -2.22. The third kappa shape index (κ3) is 4.80. The van der Waals surface area contributed by atoms with Crippen LogP contribution in [0.5, 0.6) is 0 Å². The molecular formula is C17H15ClN4O2S. The highest BCUT2D eigenvalue weighted by molar-refractivity contribution is 8.00. The van der Waals surface area contributed by atoms with Crippen LogP contribution in [0.25, 0.3) is 0 Å². The van der Waals surface area contributed by atoms with Crippen molar-refractivity contribution in [2.75, 3.05) is 5.32 Å². The van der Waals surface area contributed by atoms with Gasteiger partial charge in [0.2, 0.25) is 11.8 Å². The topological polar surface area (TPSA) is 80.9 Å². The number of amides is 1. The lowest BCUT2D eigenvalue weighted by atomic mass is 10.2. The van der Waals surface area contributed by atoms with Crippen LogP contribution in [0.15, 0.2) is 58.3 Å². The summed E-state index contributed by atoms with van der Waals surface area (Å²) >= 11 is 7.13. The van der Waals surface area contributed by atoms with E-state index in [9.17, 15) is 4.79 Å². The molecule has 1 aromatic carbocycles. The van der Waals surface area contributed by atoms with E-state index in [0.29, 0.717) is 23.2 Å². The number of thioether (sulfide) groups is 1. The van der Waals surface area contributed by atoms with Gasteiger partial charge in [0, 0.05) is 6.20 Å². The zero-order valence-electron chi connectivity index (χ0n) is 13.3. The monoisotopic (exact) mass is 374 g/mol. The first-order valence-electron chi connectivity index (χ1n) is 7.56. The summed E-state index contributed by atoms with van der Waals surface area (Å²) in [6.07, 6.45) is 2.11. The molecule has 0 fully saturated rings. The van der Waals surface area contributed by atoms with Crippen molar-refractivity contribution in [1.29, 1.82) is 0 Å². The Labute approximate surface area is 154 Å². The number of hydrogen-bond acceptors (Lipinski definition) is 6. The standard InChI is InChI=1S/C17H15ClN4O2S/c1-11(16(23)20-13-8-5-9-19-15(13)18)25-17-22-21-14(24-17)10-12-6-3-2-4-7-12/h2-9,11H,10H2,1H3,(H,20,23)/t11-/m1/s1. The number of nitrogens with zero attached hydrogens (tertiary/aromatic N) is 3. The van der Waals surface area contributed by atoms with Gasteiger partial charge in [-0.25, -0.2) is 4.98 Å². The van der Waals surface area contributed by atoms with E-state index in [2.05, 4.69) is 20.5 Å². The molecule has 25 heavy (non-hydrogen) atoms. The summed E-state index contributed by atoms with van der Waals surface area (Å²) in [5.41, 5.74) is 1.55. The Bertz CT molecular complexity index is 857. The second-order valence-electron chi connectivity index (χ2n) is 5.22. The second kappa shape index (κ2) is 8.13. The Morgan fingerprint density at radius 1 is 1.24 bits per heavy atom. The molecule has 1 amide bonds. The van der Waals surface area contributed by atoms with Crippen molar-refractivity contribution >= 4 is 35.0 Å². The van der Waals surface area contributed by atoms with Crippen LogP contribution >= 0.6 is 23.4 Å². The van der Waals surface area contributed by atoms with Crippen molar-refractivity contribution in [2.24, 2.45) is 0 Å².